The standard InChI is InChI=1S/C60H117NO5/c1-3-5-7-9-11-13-15-34-38-42-46-50-54-60(65)66-55-51-47-43-39-35-31-29-27-25-23-21-19-17-16-18-20-22-24-26-28-30-33-37-41-45-49-53-59(64)61-57(56-62)58(63)52-48-44-40-36-32-14-12-10-8-6-4-2/h11,13,57-58,62-63H,3-10,12,14-56H2,1-2H3,(H,61,64)/b13-11-. The van der Waals surface area contributed by atoms with E-state index in [2.05, 4.69) is 31.3 Å². The maximum absolute atomic E-state index is 12.4. The number of aliphatic hydroxyl groups is 2. The molecular formula is C60H117NO5. The Balaban J connectivity index is 3.33. The fraction of sp³-hybridized carbons (Fsp3) is 0.933. The largest absolute Gasteiger partial charge is 0.466 e. The molecule has 0 radical (unpaired) electrons. The van der Waals surface area contributed by atoms with Crippen LogP contribution in [0.1, 0.15) is 335 Å². The lowest BCUT2D eigenvalue weighted by Crippen LogP contribution is -2.45. The summed E-state index contributed by atoms with van der Waals surface area (Å²) in [5.74, 6) is -0.0250. The molecule has 0 rings (SSSR count). The summed E-state index contributed by atoms with van der Waals surface area (Å²) >= 11 is 0. The Morgan fingerprint density at radius 2 is 0.712 bits per heavy atom. The number of unbranched alkanes of at least 4 members (excludes halogenated alkanes) is 43. The lowest BCUT2D eigenvalue weighted by molar-refractivity contribution is -0.143. The number of allylic oxidation sites excluding steroid dienone is 2. The summed E-state index contributed by atoms with van der Waals surface area (Å²) in [5, 5.41) is 23.2. The second-order valence-corrected chi connectivity index (χ2v) is 20.7. The quantitative estimate of drug-likeness (QED) is 0.0321. The number of amides is 1. The Morgan fingerprint density at radius 3 is 1.11 bits per heavy atom. The molecule has 0 heterocycles. The van der Waals surface area contributed by atoms with Crippen LogP contribution in [0.25, 0.3) is 0 Å². The van der Waals surface area contributed by atoms with Gasteiger partial charge in [0, 0.05) is 12.8 Å². The second kappa shape index (κ2) is 56.2. The first-order chi connectivity index (χ1) is 32.5. The van der Waals surface area contributed by atoms with Crippen LogP contribution in [0, 0.1) is 0 Å². The molecule has 0 aromatic carbocycles. The van der Waals surface area contributed by atoms with E-state index < -0.39 is 12.1 Å². The number of rotatable bonds is 56. The Kier molecular flexibility index (Phi) is 55.0. The predicted molar refractivity (Wildman–Crippen MR) is 287 cm³/mol. The van der Waals surface area contributed by atoms with E-state index in [9.17, 15) is 19.8 Å². The molecule has 0 spiro atoms. The van der Waals surface area contributed by atoms with E-state index in [0.29, 0.717) is 25.9 Å². The van der Waals surface area contributed by atoms with Crippen molar-refractivity contribution in [2.75, 3.05) is 13.2 Å². The zero-order valence-electron chi connectivity index (χ0n) is 44.7. The molecule has 6 nitrogen and oxygen atoms in total. The van der Waals surface area contributed by atoms with E-state index in [-0.39, 0.29) is 18.5 Å². The highest BCUT2D eigenvalue weighted by Gasteiger charge is 2.20. The molecule has 0 saturated carbocycles. The average molecular weight is 933 g/mol. The molecule has 0 aliphatic heterocycles. The third-order valence-electron chi connectivity index (χ3n) is 14.1. The predicted octanol–water partition coefficient (Wildman–Crippen LogP) is 18.5. The van der Waals surface area contributed by atoms with E-state index in [1.807, 2.05) is 0 Å². The van der Waals surface area contributed by atoms with Crippen molar-refractivity contribution in [2.45, 2.75) is 347 Å². The number of ether oxygens (including phenoxy) is 1. The molecular weight excluding hydrogens is 815 g/mol. The molecule has 0 aliphatic rings. The van der Waals surface area contributed by atoms with Crippen molar-refractivity contribution in [3.8, 4) is 0 Å². The highest BCUT2D eigenvalue weighted by atomic mass is 16.5. The van der Waals surface area contributed by atoms with Gasteiger partial charge in [0.2, 0.25) is 5.91 Å². The van der Waals surface area contributed by atoms with Gasteiger partial charge in [-0.2, -0.15) is 0 Å². The van der Waals surface area contributed by atoms with Gasteiger partial charge in [-0.05, 0) is 51.4 Å². The highest BCUT2D eigenvalue weighted by molar-refractivity contribution is 5.76. The van der Waals surface area contributed by atoms with Gasteiger partial charge in [-0.3, -0.25) is 9.59 Å². The van der Waals surface area contributed by atoms with Crippen LogP contribution in [0.3, 0.4) is 0 Å². The SMILES string of the molecule is CCCCC/C=C\CCCCCCCC(=O)OCCCCCCCCCCCCCCCCCCCCCCCCCCCCC(=O)NC(CO)C(O)CCCCCCCCCCCCC. The van der Waals surface area contributed by atoms with Gasteiger partial charge >= 0.3 is 5.97 Å². The number of carbonyl (C=O) groups is 2. The van der Waals surface area contributed by atoms with Gasteiger partial charge in [0.1, 0.15) is 0 Å². The smallest absolute Gasteiger partial charge is 0.305 e. The van der Waals surface area contributed by atoms with Crippen LogP contribution in [0.15, 0.2) is 12.2 Å². The zero-order valence-corrected chi connectivity index (χ0v) is 44.7. The Labute approximate surface area is 412 Å². The van der Waals surface area contributed by atoms with Gasteiger partial charge in [0.25, 0.3) is 0 Å². The minimum Gasteiger partial charge on any atom is -0.466 e. The third-order valence-corrected chi connectivity index (χ3v) is 14.1. The number of hydrogen-bond acceptors (Lipinski definition) is 5. The van der Waals surface area contributed by atoms with Crippen LogP contribution in [0.2, 0.25) is 0 Å². The normalized spacial score (nSPS) is 12.6. The van der Waals surface area contributed by atoms with E-state index in [1.165, 1.54) is 257 Å². The topological polar surface area (TPSA) is 95.9 Å². The van der Waals surface area contributed by atoms with Gasteiger partial charge in [-0.15, -0.1) is 0 Å². The first kappa shape index (κ1) is 64.6. The van der Waals surface area contributed by atoms with Gasteiger partial charge in [0.15, 0.2) is 0 Å². The third kappa shape index (κ3) is 52.0. The van der Waals surface area contributed by atoms with Crippen molar-refractivity contribution in [1.82, 2.24) is 5.32 Å². The van der Waals surface area contributed by atoms with Gasteiger partial charge in [-0.1, -0.05) is 283 Å². The van der Waals surface area contributed by atoms with Crippen molar-refractivity contribution in [2.24, 2.45) is 0 Å². The minimum atomic E-state index is -0.660. The number of nitrogens with one attached hydrogen (secondary N) is 1. The van der Waals surface area contributed by atoms with Gasteiger partial charge < -0.3 is 20.3 Å². The summed E-state index contributed by atoms with van der Waals surface area (Å²) in [6.07, 6.45) is 66.5. The van der Waals surface area contributed by atoms with E-state index in [4.69, 9.17) is 4.74 Å². The van der Waals surface area contributed by atoms with Crippen molar-refractivity contribution >= 4 is 11.9 Å². The fourth-order valence-electron chi connectivity index (χ4n) is 9.46. The van der Waals surface area contributed by atoms with Gasteiger partial charge in [0.05, 0.1) is 25.4 Å². The number of hydrogen-bond donors (Lipinski definition) is 3. The van der Waals surface area contributed by atoms with Crippen molar-refractivity contribution in [1.29, 1.82) is 0 Å². The number of esters is 1. The summed E-state index contributed by atoms with van der Waals surface area (Å²) < 4.78 is 5.47. The molecule has 0 aromatic rings. The summed E-state index contributed by atoms with van der Waals surface area (Å²) in [5.41, 5.74) is 0. The summed E-state index contributed by atoms with van der Waals surface area (Å²) in [6, 6.07) is -0.537. The zero-order chi connectivity index (χ0) is 47.9. The molecule has 2 unspecified atom stereocenters. The minimum absolute atomic E-state index is 0.00744. The molecule has 0 saturated heterocycles. The van der Waals surface area contributed by atoms with Crippen molar-refractivity contribution < 1.29 is 24.5 Å². The Hall–Kier alpha value is -1.40. The monoisotopic (exact) mass is 932 g/mol. The Bertz CT molecular complexity index is 986. The van der Waals surface area contributed by atoms with Crippen LogP contribution < -0.4 is 5.32 Å². The molecule has 2 atom stereocenters. The molecule has 0 bridgehead atoms. The van der Waals surface area contributed by atoms with Gasteiger partial charge in [-0.25, -0.2) is 0 Å². The van der Waals surface area contributed by atoms with E-state index in [0.717, 1.165) is 44.9 Å². The van der Waals surface area contributed by atoms with Crippen LogP contribution >= 0.6 is 0 Å². The van der Waals surface area contributed by atoms with Crippen LogP contribution in [0.4, 0.5) is 0 Å². The van der Waals surface area contributed by atoms with Crippen molar-refractivity contribution in [3.63, 3.8) is 0 Å². The fourth-order valence-corrected chi connectivity index (χ4v) is 9.46. The highest BCUT2D eigenvalue weighted by Crippen LogP contribution is 2.18. The molecule has 0 aromatic heterocycles. The first-order valence-corrected chi connectivity index (χ1v) is 29.9. The lowest BCUT2D eigenvalue weighted by Gasteiger charge is -2.22. The van der Waals surface area contributed by atoms with Crippen LogP contribution in [0.5, 0.6) is 0 Å². The molecule has 1 amide bonds. The second-order valence-electron chi connectivity index (χ2n) is 20.7. The number of aliphatic hydroxyl groups excluding tert-OH is 2. The Morgan fingerprint density at radius 1 is 0.409 bits per heavy atom. The van der Waals surface area contributed by atoms with E-state index >= 15 is 0 Å². The van der Waals surface area contributed by atoms with E-state index in [1.54, 1.807) is 0 Å². The molecule has 3 N–H and O–H groups in total. The first-order valence-electron chi connectivity index (χ1n) is 29.9. The molecule has 0 fully saturated rings. The number of carbonyl (C=O) groups excluding carboxylic acids is 2. The maximum atomic E-state index is 12.4. The molecule has 0 aliphatic carbocycles. The summed E-state index contributed by atoms with van der Waals surface area (Å²) in [7, 11) is 0. The lowest BCUT2D eigenvalue weighted by atomic mass is 10.0. The maximum Gasteiger partial charge on any atom is 0.305 e. The summed E-state index contributed by atoms with van der Waals surface area (Å²) in [6.45, 7) is 4.93. The average Bonchev–Trinajstić information content (AvgIpc) is 3.32. The molecule has 6 heteroatoms. The van der Waals surface area contributed by atoms with Crippen LogP contribution in [-0.2, 0) is 14.3 Å². The van der Waals surface area contributed by atoms with Crippen LogP contribution in [-0.4, -0.2) is 47.4 Å². The molecule has 66 heavy (non-hydrogen) atoms. The molecule has 392 valence electrons. The van der Waals surface area contributed by atoms with Crippen molar-refractivity contribution in [3.05, 3.63) is 12.2 Å². The summed E-state index contributed by atoms with van der Waals surface area (Å²) in [4.78, 5) is 24.4.